The molecule has 26 heavy (non-hydrogen) atoms. The first-order chi connectivity index (χ1) is 12.5. The van der Waals surface area contributed by atoms with Crippen molar-refractivity contribution in [2.45, 2.75) is 0 Å². The van der Waals surface area contributed by atoms with Crippen molar-refractivity contribution >= 4 is 23.2 Å². The van der Waals surface area contributed by atoms with Crippen LogP contribution in [0.1, 0.15) is 20.7 Å². The van der Waals surface area contributed by atoms with Crippen LogP contribution >= 0.6 is 0 Å². The van der Waals surface area contributed by atoms with Crippen molar-refractivity contribution in [3.05, 3.63) is 95.6 Å². The highest BCUT2D eigenvalue weighted by molar-refractivity contribution is 6.09. The van der Waals surface area contributed by atoms with Crippen molar-refractivity contribution < 1.29 is 18.4 Å². The number of hydrogen-bond donors (Lipinski definition) is 2. The third kappa shape index (κ3) is 3.92. The lowest BCUT2D eigenvalue weighted by Crippen LogP contribution is -2.19. The zero-order valence-electron chi connectivity index (χ0n) is 13.5. The van der Waals surface area contributed by atoms with E-state index < -0.39 is 23.4 Å². The summed E-state index contributed by atoms with van der Waals surface area (Å²) in [7, 11) is 0. The van der Waals surface area contributed by atoms with Crippen LogP contribution in [-0.2, 0) is 0 Å². The zero-order valence-corrected chi connectivity index (χ0v) is 13.5. The molecule has 4 nitrogen and oxygen atoms in total. The second kappa shape index (κ2) is 7.57. The van der Waals surface area contributed by atoms with Gasteiger partial charge in [0.15, 0.2) is 0 Å². The number of amides is 2. The lowest BCUT2D eigenvalue weighted by Gasteiger charge is -2.10. The molecule has 0 aromatic heterocycles. The number of anilines is 2. The Bertz CT molecular complexity index is 959. The van der Waals surface area contributed by atoms with E-state index in [0.717, 1.165) is 6.07 Å². The molecule has 0 spiro atoms. The van der Waals surface area contributed by atoms with Crippen LogP contribution in [0.3, 0.4) is 0 Å². The molecule has 0 unspecified atom stereocenters. The fourth-order valence-corrected chi connectivity index (χ4v) is 2.37. The molecular weight excluding hydrogens is 338 g/mol. The van der Waals surface area contributed by atoms with E-state index in [-0.39, 0.29) is 16.8 Å². The van der Waals surface area contributed by atoms with Crippen molar-refractivity contribution in [1.82, 2.24) is 0 Å². The maximum atomic E-state index is 14.7. The zero-order chi connectivity index (χ0) is 18.5. The van der Waals surface area contributed by atoms with Gasteiger partial charge in [-0.1, -0.05) is 30.3 Å². The third-order valence-corrected chi connectivity index (χ3v) is 3.60. The quantitative estimate of drug-likeness (QED) is 0.728. The minimum absolute atomic E-state index is 0.188. The van der Waals surface area contributed by atoms with Gasteiger partial charge in [0.25, 0.3) is 11.8 Å². The smallest absolute Gasteiger partial charge is 0.258 e. The van der Waals surface area contributed by atoms with Gasteiger partial charge in [-0.15, -0.1) is 0 Å². The molecule has 0 aliphatic rings. The predicted octanol–water partition coefficient (Wildman–Crippen LogP) is 4.47. The summed E-state index contributed by atoms with van der Waals surface area (Å²) >= 11 is 0. The second-order valence-electron chi connectivity index (χ2n) is 5.45. The molecule has 0 bridgehead atoms. The van der Waals surface area contributed by atoms with Crippen LogP contribution in [0.4, 0.5) is 20.2 Å². The van der Waals surface area contributed by atoms with Crippen LogP contribution < -0.4 is 10.6 Å². The SMILES string of the molecule is O=C(Nc1ccccc1)c1cccc(C(=O)Nc2cccc(F)c2)c1F. The summed E-state index contributed by atoms with van der Waals surface area (Å²) in [6.45, 7) is 0. The molecule has 0 aliphatic heterocycles. The summed E-state index contributed by atoms with van der Waals surface area (Å²) < 4.78 is 27.9. The van der Waals surface area contributed by atoms with E-state index in [4.69, 9.17) is 0 Å². The highest BCUT2D eigenvalue weighted by Gasteiger charge is 2.19. The van der Waals surface area contributed by atoms with Gasteiger partial charge in [-0.25, -0.2) is 8.78 Å². The van der Waals surface area contributed by atoms with Crippen LogP contribution in [0.2, 0.25) is 0 Å². The van der Waals surface area contributed by atoms with Crippen LogP contribution in [0.15, 0.2) is 72.8 Å². The first kappa shape index (κ1) is 17.3. The van der Waals surface area contributed by atoms with Gasteiger partial charge in [0.05, 0.1) is 11.1 Å². The van der Waals surface area contributed by atoms with Gasteiger partial charge in [0.2, 0.25) is 0 Å². The fourth-order valence-electron chi connectivity index (χ4n) is 2.37. The maximum absolute atomic E-state index is 14.7. The molecule has 0 radical (unpaired) electrons. The number of para-hydroxylation sites is 1. The Morgan fingerprint density at radius 2 is 1.19 bits per heavy atom. The average molecular weight is 352 g/mol. The van der Waals surface area contributed by atoms with E-state index in [1.165, 1.54) is 36.4 Å². The number of carbonyl (C=O) groups excluding carboxylic acids is 2. The third-order valence-electron chi connectivity index (χ3n) is 3.60. The van der Waals surface area contributed by atoms with Gasteiger partial charge in [-0.2, -0.15) is 0 Å². The van der Waals surface area contributed by atoms with Crippen LogP contribution in [0.25, 0.3) is 0 Å². The average Bonchev–Trinajstić information content (AvgIpc) is 2.62. The van der Waals surface area contributed by atoms with Crippen molar-refractivity contribution in [1.29, 1.82) is 0 Å². The van der Waals surface area contributed by atoms with E-state index in [9.17, 15) is 18.4 Å². The van der Waals surface area contributed by atoms with E-state index in [0.29, 0.717) is 5.69 Å². The number of rotatable bonds is 4. The molecule has 0 aliphatic carbocycles. The minimum atomic E-state index is -0.949. The molecule has 0 saturated heterocycles. The Hall–Kier alpha value is -3.54. The lowest BCUT2D eigenvalue weighted by molar-refractivity contribution is 0.102. The molecule has 3 aromatic rings. The maximum Gasteiger partial charge on any atom is 0.258 e. The molecular formula is C20H14F2N2O2. The van der Waals surface area contributed by atoms with Gasteiger partial charge >= 0.3 is 0 Å². The summed E-state index contributed by atoms with van der Waals surface area (Å²) in [4.78, 5) is 24.6. The van der Waals surface area contributed by atoms with Gasteiger partial charge in [0, 0.05) is 11.4 Å². The Morgan fingerprint density at radius 1 is 0.654 bits per heavy atom. The fraction of sp³-hybridized carbons (Fsp3) is 0. The first-order valence-electron chi connectivity index (χ1n) is 7.76. The molecule has 3 rings (SSSR count). The number of nitrogens with one attached hydrogen (secondary N) is 2. The summed E-state index contributed by atoms with van der Waals surface area (Å²) in [5.74, 6) is -2.93. The molecule has 3 aromatic carbocycles. The molecule has 0 fully saturated rings. The first-order valence-corrected chi connectivity index (χ1v) is 7.76. The minimum Gasteiger partial charge on any atom is -0.322 e. The Labute approximate surface area is 148 Å². The Kier molecular flexibility index (Phi) is 5.03. The van der Waals surface area contributed by atoms with Crippen molar-refractivity contribution in [2.24, 2.45) is 0 Å². The molecule has 0 atom stereocenters. The predicted molar refractivity (Wildman–Crippen MR) is 95.1 cm³/mol. The van der Waals surface area contributed by atoms with Gasteiger partial charge in [-0.05, 0) is 42.5 Å². The summed E-state index contributed by atoms with van der Waals surface area (Å²) in [6.07, 6.45) is 0. The van der Waals surface area contributed by atoms with Crippen molar-refractivity contribution in [3.63, 3.8) is 0 Å². The summed E-state index contributed by atoms with van der Waals surface area (Å²) in [6, 6.07) is 17.8. The van der Waals surface area contributed by atoms with Gasteiger partial charge in [-0.3, -0.25) is 9.59 Å². The number of benzene rings is 3. The van der Waals surface area contributed by atoms with Crippen molar-refractivity contribution in [2.75, 3.05) is 10.6 Å². The highest BCUT2D eigenvalue weighted by atomic mass is 19.1. The standard InChI is InChI=1S/C20H14F2N2O2/c21-13-6-4-9-15(12-13)24-20(26)17-11-5-10-16(18(17)22)19(25)23-14-7-2-1-3-8-14/h1-12H,(H,23,25)(H,24,26). The highest BCUT2D eigenvalue weighted by Crippen LogP contribution is 2.18. The summed E-state index contributed by atoms with van der Waals surface area (Å²) in [5, 5.41) is 4.97. The van der Waals surface area contributed by atoms with Crippen molar-refractivity contribution in [3.8, 4) is 0 Å². The van der Waals surface area contributed by atoms with Gasteiger partial charge in [0.1, 0.15) is 11.6 Å². The van der Waals surface area contributed by atoms with E-state index in [1.54, 1.807) is 30.3 Å². The molecule has 2 N–H and O–H groups in total. The lowest BCUT2D eigenvalue weighted by atomic mass is 10.1. The van der Waals surface area contributed by atoms with Gasteiger partial charge < -0.3 is 10.6 Å². The van der Waals surface area contributed by atoms with Crippen LogP contribution in [0.5, 0.6) is 0 Å². The van der Waals surface area contributed by atoms with E-state index >= 15 is 0 Å². The van der Waals surface area contributed by atoms with Crippen LogP contribution in [-0.4, -0.2) is 11.8 Å². The molecule has 130 valence electrons. The monoisotopic (exact) mass is 352 g/mol. The molecule has 6 heteroatoms. The second-order valence-corrected chi connectivity index (χ2v) is 5.45. The Balaban J connectivity index is 1.82. The normalized spacial score (nSPS) is 10.2. The Morgan fingerprint density at radius 3 is 1.81 bits per heavy atom. The molecule has 0 saturated carbocycles. The molecule has 0 heterocycles. The van der Waals surface area contributed by atoms with Crippen LogP contribution in [0, 0.1) is 11.6 Å². The van der Waals surface area contributed by atoms with E-state index in [2.05, 4.69) is 10.6 Å². The molecule has 2 amide bonds. The largest absolute Gasteiger partial charge is 0.322 e. The summed E-state index contributed by atoms with van der Waals surface area (Å²) in [5.41, 5.74) is 0.121. The number of carbonyl (C=O) groups is 2. The number of hydrogen-bond acceptors (Lipinski definition) is 2. The number of halogens is 2. The topological polar surface area (TPSA) is 58.2 Å². The van der Waals surface area contributed by atoms with E-state index in [1.807, 2.05) is 0 Å².